The minimum absolute atomic E-state index is 0.0792. The van der Waals surface area contributed by atoms with Gasteiger partial charge in [-0.3, -0.25) is 34.1 Å². The summed E-state index contributed by atoms with van der Waals surface area (Å²) in [5.74, 6) is -0.820. The Balaban J connectivity index is 1.08. The van der Waals surface area contributed by atoms with Crippen LogP contribution in [0.2, 0.25) is 0 Å². The van der Waals surface area contributed by atoms with Gasteiger partial charge in [0.05, 0.1) is 25.5 Å². The summed E-state index contributed by atoms with van der Waals surface area (Å²) < 4.78 is 44.7. The maximum absolute atomic E-state index is 14.2. The van der Waals surface area contributed by atoms with Crippen molar-refractivity contribution in [2.45, 2.75) is 140 Å². The molecule has 0 radical (unpaired) electrons. The van der Waals surface area contributed by atoms with E-state index in [0.717, 1.165) is 60.5 Å². The van der Waals surface area contributed by atoms with Gasteiger partial charge in [-0.15, -0.1) is 0 Å². The van der Waals surface area contributed by atoms with Crippen LogP contribution in [0.4, 0.5) is 0 Å². The highest BCUT2D eigenvalue weighted by Gasteiger charge is 2.42. The lowest BCUT2D eigenvalue weighted by Crippen LogP contribution is -2.55. The molecule has 0 saturated carbocycles. The van der Waals surface area contributed by atoms with Gasteiger partial charge in [0.25, 0.3) is 11.8 Å². The normalized spacial score (nSPS) is 19.1. The maximum atomic E-state index is 14.2. The number of sulfonamides is 1. The van der Waals surface area contributed by atoms with Crippen LogP contribution < -0.4 is 24.8 Å². The van der Waals surface area contributed by atoms with Crippen molar-refractivity contribution in [2.24, 2.45) is 5.41 Å². The van der Waals surface area contributed by atoms with Gasteiger partial charge >= 0.3 is 0 Å². The average Bonchev–Trinajstić information content (AvgIpc) is 3.33. The number of piperidine rings is 3. The Bertz CT molecular complexity index is 2160. The lowest BCUT2D eigenvalue weighted by atomic mass is 9.82. The molecule has 67 heavy (non-hydrogen) atoms. The Morgan fingerprint density at radius 2 is 1.64 bits per heavy atom. The van der Waals surface area contributed by atoms with E-state index in [1.807, 2.05) is 43.3 Å². The summed E-state index contributed by atoms with van der Waals surface area (Å²) in [5, 5.41) is 4.63. The number of methoxy groups -OCH3 is 2. The first-order valence-electron chi connectivity index (χ1n) is 24.1. The molecule has 370 valence electrons. The minimum Gasteiger partial charge on any atom is -0.493 e. The van der Waals surface area contributed by atoms with Crippen LogP contribution in [0, 0.1) is 5.41 Å². The van der Waals surface area contributed by atoms with Crippen molar-refractivity contribution in [1.82, 2.24) is 24.7 Å². The Labute approximate surface area is 397 Å². The van der Waals surface area contributed by atoms with Crippen LogP contribution in [-0.4, -0.2) is 136 Å². The molecule has 0 spiro atoms. The van der Waals surface area contributed by atoms with E-state index in [-0.39, 0.29) is 49.4 Å². The first-order valence-corrected chi connectivity index (χ1v) is 25.6. The highest BCUT2D eigenvalue weighted by atomic mass is 32.2. The first-order chi connectivity index (χ1) is 32.0. The molecule has 3 aliphatic rings. The van der Waals surface area contributed by atoms with E-state index in [2.05, 4.69) is 15.5 Å². The Morgan fingerprint density at radius 1 is 0.910 bits per heavy atom. The highest BCUT2D eigenvalue weighted by Crippen LogP contribution is 2.34. The summed E-state index contributed by atoms with van der Waals surface area (Å²) in [6, 6.07) is 11.7. The number of hydrogen-bond acceptors (Lipinski definition) is 12. The zero-order valence-electron chi connectivity index (χ0n) is 40.4. The maximum Gasteiger partial charge on any atom is 0.291 e. The smallest absolute Gasteiger partial charge is 0.291 e. The number of benzene rings is 2. The van der Waals surface area contributed by atoms with Gasteiger partial charge in [0.2, 0.25) is 27.6 Å². The molecule has 2 N–H and O–H groups in total. The number of imide groups is 1. The van der Waals surface area contributed by atoms with Gasteiger partial charge in [0, 0.05) is 38.4 Å². The lowest BCUT2D eigenvalue weighted by molar-refractivity contribution is -0.153. The standard InChI is InChI=1S/C50H73N5O11S/c1-7-50(2,3)47(59)49(61)55-28-13-10-17-40(55)42(56)33-37(20-18-35-19-22-43(64-5)44(31-35)65-6)36-15-14-16-38(32-36)66-34-46(58)51-26-11-8-9-12-27-54-29-24-39(25-30-54)67(62,63)53(4)41-21-23-45(57)52-48(41)60/h14-16,19,22,31-32,37,39-41H,7-13,17-18,20-21,23-30,33-34H2,1-6H3,(H,51,58)(H,52,57,60)/t37-,40?,41?/m0/s1. The van der Waals surface area contributed by atoms with Crippen molar-refractivity contribution < 1.29 is 51.4 Å². The van der Waals surface area contributed by atoms with Crippen LogP contribution in [0.5, 0.6) is 17.2 Å². The molecule has 0 aromatic heterocycles. The molecule has 3 heterocycles. The number of unbranched alkanes of at least 4 members (excludes halogenated alkanes) is 3. The molecule has 3 saturated heterocycles. The first kappa shape index (κ1) is 53.1. The Kier molecular flexibility index (Phi) is 19.8. The van der Waals surface area contributed by atoms with Crippen LogP contribution >= 0.6 is 0 Å². The second-order valence-electron chi connectivity index (χ2n) is 18.9. The SMILES string of the molecule is CCC(C)(C)C(=O)C(=O)N1CCCCC1C(=O)C[C@H](CCc1ccc(OC)c(OC)c1)c1cccc(OCC(=O)NCCCCCCN2CCC(S(=O)(=O)N(C)C3CCC(=O)NC3=O)CC2)c1. The molecule has 16 nitrogen and oxygen atoms in total. The largest absolute Gasteiger partial charge is 0.493 e. The Hall–Kier alpha value is -4.87. The van der Waals surface area contributed by atoms with Gasteiger partial charge in [-0.1, -0.05) is 51.8 Å². The number of amides is 4. The number of Topliss-reactive ketones (excluding diaryl/α,β-unsaturated/α-hetero) is 2. The molecule has 5 rings (SSSR count). The number of likely N-dealkylation sites (tertiary alicyclic amines) is 2. The zero-order valence-corrected chi connectivity index (χ0v) is 41.3. The lowest BCUT2D eigenvalue weighted by Gasteiger charge is -2.36. The summed E-state index contributed by atoms with van der Waals surface area (Å²) in [4.78, 5) is 81.5. The van der Waals surface area contributed by atoms with Crippen molar-refractivity contribution in [3.63, 3.8) is 0 Å². The van der Waals surface area contributed by atoms with E-state index >= 15 is 0 Å². The predicted molar refractivity (Wildman–Crippen MR) is 254 cm³/mol. The molecule has 17 heteroatoms. The molecule has 2 aromatic rings. The van der Waals surface area contributed by atoms with Gasteiger partial charge in [-0.25, -0.2) is 8.42 Å². The molecule has 3 fully saturated rings. The number of ether oxygens (including phenoxy) is 3. The molecule has 3 aliphatic heterocycles. The molecule has 0 aliphatic carbocycles. The number of nitrogens with zero attached hydrogens (tertiary/aromatic N) is 3. The quantitative estimate of drug-likeness (QED) is 0.0737. The second kappa shape index (κ2) is 24.9. The van der Waals surface area contributed by atoms with Crippen molar-refractivity contribution >= 4 is 45.2 Å². The van der Waals surface area contributed by atoms with Crippen molar-refractivity contribution in [1.29, 1.82) is 0 Å². The van der Waals surface area contributed by atoms with E-state index in [1.54, 1.807) is 34.1 Å². The van der Waals surface area contributed by atoms with Crippen molar-refractivity contribution in [3.05, 3.63) is 53.6 Å². The topological polar surface area (TPSA) is 198 Å². The van der Waals surface area contributed by atoms with Crippen LogP contribution in [-0.2, 0) is 45.2 Å². The number of carbonyl (C=O) groups is 6. The molecule has 2 aromatic carbocycles. The monoisotopic (exact) mass is 952 g/mol. The summed E-state index contributed by atoms with van der Waals surface area (Å²) in [6.45, 7) is 8.31. The zero-order chi connectivity index (χ0) is 48.7. The number of rotatable bonds is 25. The van der Waals surface area contributed by atoms with E-state index < -0.39 is 50.4 Å². The number of aryl methyl sites for hydroxylation is 1. The second-order valence-corrected chi connectivity index (χ2v) is 21.1. The predicted octanol–water partition coefficient (Wildman–Crippen LogP) is 5.35. The van der Waals surface area contributed by atoms with Crippen LogP contribution in [0.3, 0.4) is 0 Å². The Morgan fingerprint density at radius 3 is 2.34 bits per heavy atom. The van der Waals surface area contributed by atoms with Crippen LogP contribution in [0.15, 0.2) is 42.5 Å². The number of hydrogen-bond donors (Lipinski definition) is 2. The van der Waals surface area contributed by atoms with Gasteiger partial charge < -0.3 is 29.3 Å². The third kappa shape index (κ3) is 14.6. The summed E-state index contributed by atoms with van der Waals surface area (Å²) >= 11 is 0. The highest BCUT2D eigenvalue weighted by molar-refractivity contribution is 7.89. The van der Waals surface area contributed by atoms with E-state index in [4.69, 9.17) is 14.2 Å². The number of nitrogens with one attached hydrogen (secondary N) is 2. The third-order valence-electron chi connectivity index (χ3n) is 13.9. The van der Waals surface area contributed by atoms with Crippen molar-refractivity contribution in [2.75, 3.05) is 60.6 Å². The molecule has 2 unspecified atom stereocenters. The van der Waals surface area contributed by atoms with Gasteiger partial charge in [0.1, 0.15) is 11.8 Å². The van der Waals surface area contributed by atoms with Gasteiger partial charge in [-0.05, 0) is 132 Å². The molecule has 3 atom stereocenters. The fraction of sp³-hybridized carbons (Fsp3) is 0.640. The summed E-state index contributed by atoms with van der Waals surface area (Å²) in [7, 11) is 0.925. The molecule has 0 bridgehead atoms. The minimum atomic E-state index is -3.68. The van der Waals surface area contributed by atoms with E-state index in [0.29, 0.717) is 82.0 Å². The number of ketones is 2. The third-order valence-corrected chi connectivity index (χ3v) is 16.3. The molecular formula is C50H73N5O11S. The van der Waals surface area contributed by atoms with Gasteiger partial charge in [-0.2, -0.15) is 4.31 Å². The fourth-order valence-electron chi connectivity index (χ4n) is 9.20. The molecule has 4 amide bonds. The molecular weight excluding hydrogens is 879 g/mol. The van der Waals surface area contributed by atoms with Crippen LogP contribution in [0.25, 0.3) is 0 Å². The average molecular weight is 952 g/mol. The van der Waals surface area contributed by atoms with E-state index in [9.17, 15) is 37.2 Å². The van der Waals surface area contributed by atoms with Gasteiger partial charge in [0.15, 0.2) is 23.9 Å². The van der Waals surface area contributed by atoms with Crippen molar-refractivity contribution in [3.8, 4) is 17.2 Å². The van der Waals surface area contributed by atoms with E-state index in [1.165, 1.54) is 11.9 Å². The summed E-state index contributed by atoms with van der Waals surface area (Å²) in [6.07, 6.45) is 8.89. The fourth-order valence-corrected chi connectivity index (χ4v) is 11.0. The van der Waals surface area contributed by atoms with Crippen LogP contribution in [0.1, 0.15) is 128 Å². The number of carbonyl (C=O) groups excluding carboxylic acids is 6. The number of likely N-dealkylation sites (N-methyl/N-ethyl adjacent to an activating group) is 1. The summed E-state index contributed by atoms with van der Waals surface area (Å²) in [5.41, 5.74) is 1.06.